The molecule has 0 bridgehead atoms. The molecule has 0 saturated carbocycles. The summed E-state index contributed by atoms with van der Waals surface area (Å²) in [5.41, 5.74) is 0. The van der Waals surface area contributed by atoms with Gasteiger partial charge in [-0.1, -0.05) is 19.1 Å². The van der Waals surface area contributed by atoms with Crippen molar-refractivity contribution in [2.45, 2.75) is 53.6 Å². The van der Waals surface area contributed by atoms with Crippen LogP contribution in [0.2, 0.25) is 0 Å². The largest absolute Gasteiger partial charge is 0.354 e. The van der Waals surface area contributed by atoms with Crippen LogP contribution >= 0.6 is 0 Å². The van der Waals surface area contributed by atoms with Crippen molar-refractivity contribution in [3.8, 4) is 0 Å². The average molecular weight is 312 g/mol. The highest BCUT2D eigenvalue weighted by molar-refractivity contribution is 5.41. The minimum absolute atomic E-state index is 0.0533. The molecule has 0 radical (unpaired) electrons. The highest BCUT2D eigenvalue weighted by Crippen LogP contribution is 2.16. The number of nitrogens with one attached hydrogen (secondary N) is 2. The van der Waals surface area contributed by atoms with E-state index >= 15 is 0 Å². The second-order valence-electron chi connectivity index (χ2n) is 4.97. The van der Waals surface area contributed by atoms with Crippen LogP contribution in [-0.2, 0) is 9.68 Å². The molecule has 1 heterocycles. The summed E-state index contributed by atoms with van der Waals surface area (Å²) in [6, 6.07) is 0. The van der Waals surface area contributed by atoms with E-state index in [2.05, 4.69) is 39.4 Å². The van der Waals surface area contributed by atoms with Gasteiger partial charge < -0.3 is 10.6 Å². The molecule has 1 aromatic heterocycles. The monoisotopic (exact) mass is 312 g/mol. The van der Waals surface area contributed by atoms with Gasteiger partial charge in [-0.15, -0.1) is 0 Å². The van der Waals surface area contributed by atoms with E-state index in [4.69, 9.17) is 9.68 Å². The van der Waals surface area contributed by atoms with Crippen LogP contribution in [0.4, 0.5) is 17.8 Å². The molecule has 8 heteroatoms. The zero-order chi connectivity index (χ0) is 16.4. The average Bonchev–Trinajstić information content (AvgIpc) is 2.50. The molecule has 1 rings (SSSR count). The van der Waals surface area contributed by atoms with Crippen LogP contribution in [0.5, 0.6) is 0 Å². The Balaban J connectivity index is 3.01. The summed E-state index contributed by atoms with van der Waals surface area (Å²) < 4.78 is 0. The SMILES string of the molecule is CCCNc1nc(NCCC)nc(N(OCC)OC(C)C)n1. The smallest absolute Gasteiger partial charge is 0.284 e. The fourth-order valence-corrected chi connectivity index (χ4v) is 1.52. The highest BCUT2D eigenvalue weighted by Gasteiger charge is 2.16. The third-order valence-corrected chi connectivity index (χ3v) is 2.41. The van der Waals surface area contributed by atoms with Crippen molar-refractivity contribution >= 4 is 17.8 Å². The molecule has 0 saturated heterocycles. The van der Waals surface area contributed by atoms with Gasteiger partial charge in [-0.3, -0.25) is 0 Å². The van der Waals surface area contributed by atoms with Crippen molar-refractivity contribution < 1.29 is 9.68 Å². The molecule has 22 heavy (non-hydrogen) atoms. The fraction of sp³-hybridized carbons (Fsp3) is 0.786. The first-order chi connectivity index (χ1) is 10.6. The van der Waals surface area contributed by atoms with Crippen molar-refractivity contribution in [2.75, 3.05) is 35.6 Å². The van der Waals surface area contributed by atoms with E-state index < -0.39 is 0 Å². The lowest BCUT2D eigenvalue weighted by atomic mass is 10.5. The summed E-state index contributed by atoms with van der Waals surface area (Å²) in [6.45, 7) is 11.9. The van der Waals surface area contributed by atoms with Gasteiger partial charge in [0, 0.05) is 13.1 Å². The number of rotatable bonds is 11. The van der Waals surface area contributed by atoms with Crippen molar-refractivity contribution in [1.29, 1.82) is 0 Å². The molecule has 1 aromatic rings. The summed E-state index contributed by atoms with van der Waals surface area (Å²) in [5, 5.41) is 7.57. The standard InChI is InChI=1S/C14H28N6O2/c1-6-9-15-12-17-13(16-10-7-2)19-14(18-12)20(21-8-3)22-11(4)5/h11H,6-10H2,1-5H3,(H2,15,16,17,18,19). The predicted octanol–water partition coefficient (Wildman–Crippen LogP) is 2.61. The van der Waals surface area contributed by atoms with E-state index in [0.29, 0.717) is 24.5 Å². The van der Waals surface area contributed by atoms with Crippen LogP contribution in [0.15, 0.2) is 0 Å². The number of hydrogen-bond acceptors (Lipinski definition) is 8. The Labute approximate surface area is 132 Å². The molecular formula is C14H28N6O2. The molecule has 0 atom stereocenters. The Morgan fingerprint density at radius 1 is 0.955 bits per heavy atom. The summed E-state index contributed by atoms with van der Waals surface area (Å²) in [7, 11) is 0. The van der Waals surface area contributed by atoms with Crippen molar-refractivity contribution in [3.05, 3.63) is 0 Å². The van der Waals surface area contributed by atoms with Gasteiger partial charge in [-0.25, -0.2) is 9.68 Å². The van der Waals surface area contributed by atoms with Gasteiger partial charge >= 0.3 is 0 Å². The Kier molecular flexibility index (Phi) is 8.46. The van der Waals surface area contributed by atoms with Gasteiger partial charge in [0.2, 0.25) is 11.9 Å². The summed E-state index contributed by atoms with van der Waals surface area (Å²) >= 11 is 0. The molecule has 8 nitrogen and oxygen atoms in total. The van der Waals surface area contributed by atoms with Gasteiger partial charge in [-0.2, -0.15) is 15.0 Å². The van der Waals surface area contributed by atoms with E-state index in [1.54, 1.807) is 0 Å². The fourth-order valence-electron chi connectivity index (χ4n) is 1.52. The van der Waals surface area contributed by atoms with Crippen molar-refractivity contribution in [1.82, 2.24) is 15.0 Å². The summed E-state index contributed by atoms with van der Waals surface area (Å²) in [5.74, 6) is 1.33. The van der Waals surface area contributed by atoms with Crippen LogP contribution in [0.25, 0.3) is 0 Å². The van der Waals surface area contributed by atoms with Gasteiger partial charge in [0.15, 0.2) is 0 Å². The molecule has 0 amide bonds. The molecule has 0 spiro atoms. The van der Waals surface area contributed by atoms with Crippen LogP contribution in [-0.4, -0.2) is 40.8 Å². The Morgan fingerprint density at radius 3 is 1.91 bits per heavy atom. The first-order valence-corrected chi connectivity index (χ1v) is 7.94. The number of hydrogen-bond donors (Lipinski definition) is 2. The molecule has 0 unspecified atom stereocenters. The van der Waals surface area contributed by atoms with Gasteiger partial charge in [0.05, 0.1) is 12.7 Å². The highest BCUT2D eigenvalue weighted by atomic mass is 17.0. The van der Waals surface area contributed by atoms with Crippen LogP contribution in [0.3, 0.4) is 0 Å². The molecule has 0 aliphatic heterocycles. The normalized spacial score (nSPS) is 10.8. The first kappa shape index (κ1) is 18.4. The minimum atomic E-state index is -0.0533. The Morgan fingerprint density at radius 2 is 1.50 bits per heavy atom. The molecular weight excluding hydrogens is 284 g/mol. The lowest BCUT2D eigenvalue weighted by Gasteiger charge is -2.22. The number of anilines is 3. The zero-order valence-corrected chi connectivity index (χ0v) is 14.2. The third-order valence-electron chi connectivity index (χ3n) is 2.41. The van der Waals surface area contributed by atoms with E-state index in [0.717, 1.165) is 25.9 Å². The lowest BCUT2D eigenvalue weighted by Crippen LogP contribution is -2.30. The number of aromatic nitrogens is 3. The third kappa shape index (κ3) is 6.40. The summed E-state index contributed by atoms with van der Waals surface area (Å²) in [4.78, 5) is 24.1. The van der Waals surface area contributed by atoms with Crippen LogP contribution in [0.1, 0.15) is 47.5 Å². The molecule has 126 valence electrons. The van der Waals surface area contributed by atoms with Gasteiger partial charge in [-0.05, 0) is 33.6 Å². The lowest BCUT2D eigenvalue weighted by molar-refractivity contribution is -0.112. The van der Waals surface area contributed by atoms with Gasteiger partial charge in [0.25, 0.3) is 5.95 Å². The predicted molar refractivity (Wildman–Crippen MR) is 87.7 cm³/mol. The van der Waals surface area contributed by atoms with E-state index in [9.17, 15) is 0 Å². The second-order valence-corrected chi connectivity index (χ2v) is 4.97. The maximum Gasteiger partial charge on any atom is 0.284 e. The quantitative estimate of drug-likeness (QED) is 0.603. The van der Waals surface area contributed by atoms with Gasteiger partial charge in [0.1, 0.15) is 0 Å². The maximum absolute atomic E-state index is 5.60. The molecule has 0 aromatic carbocycles. The van der Waals surface area contributed by atoms with Crippen molar-refractivity contribution in [3.63, 3.8) is 0 Å². The van der Waals surface area contributed by atoms with E-state index in [-0.39, 0.29) is 6.10 Å². The Hall–Kier alpha value is -1.67. The number of nitrogens with zero attached hydrogens (tertiary/aromatic N) is 4. The topological polar surface area (TPSA) is 84.4 Å². The molecule has 2 N–H and O–H groups in total. The van der Waals surface area contributed by atoms with Crippen LogP contribution in [0, 0.1) is 0 Å². The molecule has 0 aliphatic rings. The Bertz CT molecular complexity index is 404. The second kappa shape index (κ2) is 10.1. The van der Waals surface area contributed by atoms with E-state index in [1.807, 2.05) is 20.8 Å². The van der Waals surface area contributed by atoms with Crippen molar-refractivity contribution in [2.24, 2.45) is 0 Å². The molecule has 0 aliphatic carbocycles. The minimum Gasteiger partial charge on any atom is -0.354 e. The van der Waals surface area contributed by atoms with Crippen LogP contribution < -0.4 is 15.9 Å². The van der Waals surface area contributed by atoms with E-state index in [1.165, 1.54) is 5.23 Å². The maximum atomic E-state index is 5.60. The first-order valence-electron chi connectivity index (χ1n) is 7.94. The zero-order valence-electron chi connectivity index (χ0n) is 14.2. The molecule has 0 fully saturated rings. The summed E-state index contributed by atoms with van der Waals surface area (Å²) in [6.07, 6.45) is 1.91.